The molecule has 0 aromatic carbocycles. The monoisotopic (exact) mass is 187 g/mol. The molecule has 1 atom stereocenters. The van der Waals surface area contributed by atoms with Gasteiger partial charge in [0.2, 0.25) is 5.70 Å². The first-order valence-electron chi connectivity index (χ1n) is 4.05. The maximum absolute atomic E-state index is 10.3. The second-order valence-corrected chi connectivity index (χ2v) is 3.43. The molecule has 1 heterocycles. The Morgan fingerprint density at radius 3 is 2.69 bits per heavy atom. The summed E-state index contributed by atoms with van der Waals surface area (Å²) in [7, 11) is 0. The van der Waals surface area contributed by atoms with Crippen LogP contribution in [0.3, 0.4) is 0 Å². The fourth-order valence-corrected chi connectivity index (χ4v) is 1.13. The van der Waals surface area contributed by atoms with Gasteiger partial charge in [0.15, 0.2) is 5.79 Å². The average molecular weight is 187 g/mol. The Balaban J connectivity index is 2.58. The van der Waals surface area contributed by atoms with Gasteiger partial charge in [-0.1, -0.05) is 0 Å². The molecule has 0 spiro atoms. The van der Waals surface area contributed by atoms with E-state index in [1.54, 1.807) is 13.8 Å². The molecule has 1 saturated heterocycles. The zero-order valence-corrected chi connectivity index (χ0v) is 7.94. The molecule has 1 aliphatic rings. The van der Waals surface area contributed by atoms with E-state index in [4.69, 9.17) is 9.47 Å². The molecule has 0 N–H and O–H groups in total. The van der Waals surface area contributed by atoms with Gasteiger partial charge in [0.1, 0.15) is 6.10 Å². The van der Waals surface area contributed by atoms with Crippen LogP contribution in [-0.4, -0.2) is 23.4 Å². The van der Waals surface area contributed by atoms with Gasteiger partial charge in [0.05, 0.1) is 11.5 Å². The van der Waals surface area contributed by atoms with Crippen molar-refractivity contribution in [1.29, 1.82) is 0 Å². The van der Waals surface area contributed by atoms with Gasteiger partial charge in [-0.3, -0.25) is 10.1 Å². The first kappa shape index (κ1) is 10.1. The van der Waals surface area contributed by atoms with E-state index in [9.17, 15) is 10.1 Å². The molecule has 0 unspecified atom stereocenters. The van der Waals surface area contributed by atoms with Crippen LogP contribution in [-0.2, 0) is 9.47 Å². The van der Waals surface area contributed by atoms with E-state index in [-0.39, 0.29) is 11.8 Å². The molecule has 0 saturated carbocycles. The van der Waals surface area contributed by atoms with E-state index in [0.717, 1.165) is 0 Å². The number of nitrogens with zero attached hydrogens (tertiary/aromatic N) is 1. The molecular weight excluding hydrogens is 174 g/mol. The minimum atomic E-state index is -0.627. The van der Waals surface area contributed by atoms with Crippen LogP contribution in [0.25, 0.3) is 0 Å². The molecule has 1 fully saturated rings. The van der Waals surface area contributed by atoms with Crippen LogP contribution >= 0.6 is 0 Å². The number of ether oxygens (including phenoxy) is 2. The summed E-state index contributed by atoms with van der Waals surface area (Å²) < 4.78 is 10.6. The highest BCUT2D eigenvalue weighted by atomic mass is 16.7. The van der Waals surface area contributed by atoms with Crippen molar-refractivity contribution < 1.29 is 14.4 Å². The Kier molecular flexibility index (Phi) is 2.68. The van der Waals surface area contributed by atoms with E-state index in [2.05, 4.69) is 0 Å². The van der Waals surface area contributed by atoms with Crippen molar-refractivity contribution in [1.82, 2.24) is 0 Å². The van der Waals surface area contributed by atoms with Crippen LogP contribution < -0.4 is 0 Å². The van der Waals surface area contributed by atoms with Crippen molar-refractivity contribution in [2.75, 3.05) is 6.61 Å². The predicted molar refractivity (Wildman–Crippen MR) is 45.7 cm³/mol. The van der Waals surface area contributed by atoms with Crippen molar-refractivity contribution in [2.45, 2.75) is 32.7 Å². The summed E-state index contributed by atoms with van der Waals surface area (Å²) in [6, 6.07) is 0. The number of hydrogen-bond donors (Lipinski definition) is 0. The van der Waals surface area contributed by atoms with Crippen LogP contribution in [0.5, 0.6) is 0 Å². The summed E-state index contributed by atoms with van der Waals surface area (Å²) in [5, 5.41) is 10.3. The summed E-state index contributed by atoms with van der Waals surface area (Å²) in [5.41, 5.74) is 0.0892. The fourth-order valence-electron chi connectivity index (χ4n) is 1.13. The molecule has 5 heteroatoms. The summed E-state index contributed by atoms with van der Waals surface area (Å²) in [6.07, 6.45) is 1.16. The predicted octanol–water partition coefficient (Wildman–Crippen LogP) is 1.32. The highest BCUT2D eigenvalue weighted by molar-refractivity contribution is 4.96. The van der Waals surface area contributed by atoms with Crippen molar-refractivity contribution >= 4 is 0 Å². The van der Waals surface area contributed by atoms with Crippen LogP contribution in [0, 0.1) is 10.1 Å². The molecule has 1 rings (SSSR count). The summed E-state index contributed by atoms with van der Waals surface area (Å²) in [5.74, 6) is -0.627. The standard InChI is InChI=1S/C8H13NO4/c1-6(9(10)11)4-7-5-12-8(2,3)13-7/h4,7H,5H2,1-3H3/t7-/m0/s1. The fraction of sp³-hybridized carbons (Fsp3) is 0.750. The summed E-state index contributed by atoms with van der Waals surface area (Å²) in [4.78, 5) is 9.85. The van der Waals surface area contributed by atoms with Gasteiger partial charge in [0, 0.05) is 13.0 Å². The number of hydrogen-bond acceptors (Lipinski definition) is 4. The number of nitro groups is 1. The lowest BCUT2D eigenvalue weighted by Gasteiger charge is -2.15. The highest BCUT2D eigenvalue weighted by Gasteiger charge is 2.32. The lowest BCUT2D eigenvalue weighted by atomic mass is 10.3. The van der Waals surface area contributed by atoms with E-state index in [0.29, 0.717) is 6.61 Å². The molecule has 1 aliphatic heterocycles. The van der Waals surface area contributed by atoms with Crippen LogP contribution in [0.15, 0.2) is 11.8 Å². The van der Waals surface area contributed by atoms with E-state index >= 15 is 0 Å². The molecule has 74 valence electrons. The molecule has 13 heavy (non-hydrogen) atoms. The number of rotatable bonds is 2. The van der Waals surface area contributed by atoms with E-state index < -0.39 is 10.7 Å². The maximum Gasteiger partial charge on any atom is 0.241 e. The third-order valence-corrected chi connectivity index (χ3v) is 1.75. The Morgan fingerprint density at radius 2 is 2.31 bits per heavy atom. The van der Waals surface area contributed by atoms with Crippen LogP contribution in [0.4, 0.5) is 0 Å². The van der Waals surface area contributed by atoms with Gasteiger partial charge < -0.3 is 9.47 Å². The van der Waals surface area contributed by atoms with Crippen LogP contribution in [0.2, 0.25) is 0 Å². The van der Waals surface area contributed by atoms with Crippen molar-refractivity contribution in [3.63, 3.8) is 0 Å². The average Bonchev–Trinajstić information content (AvgIpc) is 2.30. The van der Waals surface area contributed by atoms with E-state index in [1.165, 1.54) is 13.0 Å². The quantitative estimate of drug-likeness (QED) is 0.483. The van der Waals surface area contributed by atoms with Gasteiger partial charge in [-0.2, -0.15) is 0 Å². The molecule has 0 radical (unpaired) electrons. The first-order chi connectivity index (χ1) is 5.91. The molecular formula is C8H13NO4. The lowest BCUT2D eigenvalue weighted by Crippen LogP contribution is -2.21. The third-order valence-electron chi connectivity index (χ3n) is 1.75. The Labute approximate surface area is 76.5 Å². The van der Waals surface area contributed by atoms with Gasteiger partial charge in [0.25, 0.3) is 0 Å². The van der Waals surface area contributed by atoms with Crippen molar-refractivity contribution in [2.24, 2.45) is 0 Å². The van der Waals surface area contributed by atoms with Gasteiger partial charge in [-0.25, -0.2) is 0 Å². The largest absolute Gasteiger partial charge is 0.347 e. The van der Waals surface area contributed by atoms with Gasteiger partial charge in [-0.05, 0) is 13.8 Å². The summed E-state index contributed by atoms with van der Waals surface area (Å²) >= 11 is 0. The molecule has 5 nitrogen and oxygen atoms in total. The molecule has 0 amide bonds. The lowest BCUT2D eigenvalue weighted by molar-refractivity contribution is -0.425. The Bertz CT molecular complexity index is 247. The maximum atomic E-state index is 10.3. The Hall–Kier alpha value is -0.940. The molecule has 0 aromatic rings. The minimum absolute atomic E-state index is 0.0892. The molecule has 0 aliphatic carbocycles. The SMILES string of the molecule is CC(=C[C@H]1COC(C)(C)O1)[N+](=O)[O-]. The molecule has 0 aromatic heterocycles. The normalized spacial score (nSPS) is 27.6. The van der Waals surface area contributed by atoms with Crippen LogP contribution in [0.1, 0.15) is 20.8 Å². The minimum Gasteiger partial charge on any atom is -0.347 e. The van der Waals surface area contributed by atoms with Gasteiger partial charge >= 0.3 is 0 Å². The highest BCUT2D eigenvalue weighted by Crippen LogP contribution is 2.23. The Morgan fingerprint density at radius 1 is 1.69 bits per heavy atom. The zero-order valence-electron chi connectivity index (χ0n) is 7.94. The zero-order chi connectivity index (χ0) is 10.1. The third kappa shape index (κ3) is 2.78. The second kappa shape index (κ2) is 3.43. The first-order valence-corrected chi connectivity index (χ1v) is 4.05. The number of allylic oxidation sites excluding steroid dienone is 1. The second-order valence-electron chi connectivity index (χ2n) is 3.43. The van der Waals surface area contributed by atoms with Gasteiger partial charge in [-0.15, -0.1) is 0 Å². The topological polar surface area (TPSA) is 61.6 Å². The molecule has 0 bridgehead atoms. The van der Waals surface area contributed by atoms with Crippen molar-refractivity contribution in [3.8, 4) is 0 Å². The smallest absolute Gasteiger partial charge is 0.241 e. The van der Waals surface area contributed by atoms with Crippen molar-refractivity contribution in [3.05, 3.63) is 21.9 Å². The summed E-state index contributed by atoms with van der Waals surface area (Å²) in [6.45, 7) is 5.37. The van der Waals surface area contributed by atoms with E-state index in [1.807, 2.05) is 0 Å².